The van der Waals surface area contributed by atoms with Crippen LogP contribution in [0.3, 0.4) is 0 Å². The Balaban J connectivity index is 2.63. The number of carbonyl (C=O) groups is 4. The van der Waals surface area contributed by atoms with Gasteiger partial charge in [-0.2, -0.15) is 0 Å². The first-order chi connectivity index (χ1) is 16.3. The number of nitrogens with two attached hydrogens (primary N) is 2. The van der Waals surface area contributed by atoms with Gasteiger partial charge in [0.15, 0.2) is 6.29 Å². The Kier molecular flexibility index (Phi) is 12.5. The van der Waals surface area contributed by atoms with Crippen molar-refractivity contribution in [3.63, 3.8) is 0 Å². The number of nitrogens with one attached hydrogen (secondary N) is 2. The van der Waals surface area contributed by atoms with Crippen molar-refractivity contribution in [1.29, 1.82) is 0 Å². The number of primary amides is 1. The number of rotatable bonds is 13. The summed E-state index contributed by atoms with van der Waals surface area (Å²) in [6.07, 6.45) is -7.81. The fraction of sp³-hybridized carbons (Fsp3) is 0.800. The molecule has 0 spiro atoms. The van der Waals surface area contributed by atoms with Gasteiger partial charge in [0.25, 0.3) is 0 Å². The number of amides is 3. The third-order valence-corrected chi connectivity index (χ3v) is 5.23. The molecule has 202 valence electrons. The quantitative estimate of drug-likeness (QED) is 0.109. The molecule has 10 N–H and O–H groups in total. The maximum atomic E-state index is 12.1. The average molecular weight is 509 g/mol. The molecule has 15 nitrogen and oxygen atoms in total. The van der Waals surface area contributed by atoms with Crippen LogP contribution in [0.25, 0.3) is 0 Å². The van der Waals surface area contributed by atoms with E-state index >= 15 is 0 Å². The largest absolute Gasteiger partial charge is 0.463 e. The van der Waals surface area contributed by atoms with Crippen LogP contribution in [-0.4, -0.2) is 112 Å². The second kappa shape index (κ2) is 14.2. The van der Waals surface area contributed by atoms with Crippen LogP contribution < -0.4 is 22.1 Å². The van der Waals surface area contributed by atoms with E-state index in [1.165, 1.54) is 20.8 Å². The number of carbonyl (C=O) groups excluding carboxylic acids is 4. The van der Waals surface area contributed by atoms with Gasteiger partial charge in [0.2, 0.25) is 17.7 Å². The third kappa shape index (κ3) is 9.64. The summed E-state index contributed by atoms with van der Waals surface area (Å²) in [5.74, 6) is -2.99. The van der Waals surface area contributed by atoms with Gasteiger partial charge in [-0.1, -0.05) is 0 Å². The Morgan fingerprint density at radius 1 is 1.17 bits per heavy atom. The molecule has 0 bridgehead atoms. The van der Waals surface area contributed by atoms with E-state index in [4.69, 9.17) is 25.7 Å². The number of ether oxygens (including phenoxy) is 3. The number of aliphatic hydroxyl groups is 4. The van der Waals surface area contributed by atoms with Crippen LogP contribution >= 0.6 is 0 Å². The first-order valence-electron chi connectivity index (χ1n) is 11.0. The first kappa shape index (κ1) is 30.6. The average Bonchev–Trinajstić information content (AvgIpc) is 2.78. The van der Waals surface area contributed by atoms with E-state index in [9.17, 15) is 39.6 Å². The van der Waals surface area contributed by atoms with Crippen LogP contribution in [0.4, 0.5) is 0 Å². The predicted octanol–water partition coefficient (Wildman–Crippen LogP) is -4.66. The van der Waals surface area contributed by atoms with Gasteiger partial charge >= 0.3 is 5.97 Å². The summed E-state index contributed by atoms with van der Waals surface area (Å²) in [7, 11) is 0. The molecule has 1 unspecified atom stereocenters. The first-order valence-corrected chi connectivity index (χ1v) is 11.0. The molecule has 9 atom stereocenters. The molecule has 0 aromatic rings. The fourth-order valence-electron chi connectivity index (χ4n) is 3.26. The van der Waals surface area contributed by atoms with Crippen LogP contribution in [0.1, 0.15) is 33.6 Å². The molecule has 1 aliphatic rings. The van der Waals surface area contributed by atoms with Gasteiger partial charge in [-0.3, -0.25) is 19.2 Å². The van der Waals surface area contributed by atoms with Crippen molar-refractivity contribution in [3.05, 3.63) is 0 Å². The van der Waals surface area contributed by atoms with Crippen molar-refractivity contribution in [2.75, 3.05) is 13.2 Å². The third-order valence-electron chi connectivity index (χ3n) is 5.23. The summed E-state index contributed by atoms with van der Waals surface area (Å²) in [6.45, 7) is 3.08. The number of aliphatic hydroxyl groups excluding tert-OH is 4. The summed E-state index contributed by atoms with van der Waals surface area (Å²) in [6, 6.07) is -3.66. The highest BCUT2D eigenvalue weighted by molar-refractivity contribution is 5.89. The maximum absolute atomic E-state index is 12.1. The molecule has 1 aliphatic heterocycles. The summed E-state index contributed by atoms with van der Waals surface area (Å²) in [5.41, 5.74) is 10.7. The zero-order valence-corrected chi connectivity index (χ0v) is 19.8. The Labute approximate surface area is 202 Å². The number of esters is 1. The lowest BCUT2D eigenvalue weighted by Crippen LogP contribution is -2.65. The standard InChI is InChI=1S/C20H36N4O11/c1-8(34-17-15(23-10(3)27)20(32)35-12(6-25)16(17)29)7-33-13(28)5-4-11(18(22)30)24-19(31)14(21)9(2)26/h8-9,11-12,14-17,20,25-26,29,32H,4-7,21H2,1-3H3,(H2,22,30)(H,23,27)(H,24,31)/t8?,9-,11-,12-,14+,15-,16-,17-,20+/m1/s1. The van der Waals surface area contributed by atoms with Gasteiger partial charge in [-0.05, 0) is 20.3 Å². The Morgan fingerprint density at radius 2 is 1.80 bits per heavy atom. The molecule has 0 radical (unpaired) electrons. The van der Waals surface area contributed by atoms with Crippen LogP contribution in [-0.2, 0) is 33.4 Å². The van der Waals surface area contributed by atoms with Gasteiger partial charge in [0.1, 0.15) is 43.0 Å². The molecule has 35 heavy (non-hydrogen) atoms. The van der Waals surface area contributed by atoms with Gasteiger partial charge < -0.3 is 56.7 Å². The molecule has 1 saturated heterocycles. The molecular weight excluding hydrogens is 472 g/mol. The van der Waals surface area contributed by atoms with Gasteiger partial charge in [-0.15, -0.1) is 0 Å². The van der Waals surface area contributed by atoms with Crippen molar-refractivity contribution in [2.24, 2.45) is 11.5 Å². The minimum atomic E-state index is -1.57. The maximum Gasteiger partial charge on any atom is 0.305 e. The zero-order valence-electron chi connectivity index (χ0n) is 19.8. The molecule has 0 aliphatic carbocycles. The Hall–Kier alpha value is -2.40. The van der Waals surface area contributed by atoms with Crippen molar-refractivity contribution < 1.29 is 53.8 Å². The molecule has 1 rings (SSSR count). The van der Waals surface area contributed by atoms with Gasteiger partial charge in [0.05, 0.1) is 18.8 Å². The summed E-state index contributed by atoms with van der Waals surface area (Å²) in [5, 5.41) is 43.9. The summed E-state index contributed by atoms with van der Waals surface area (Å²) < 4.78 is 15.9. The highest BCUT2D eigenvalue weighted by Gasteiger charge is 2.46. The normalized spacial score (nSPS) is 27.7. The molecule has 3 amide bonds. The Morgan fingerprint density at radius 3 is 2.31 bits per heavy atom. The van der Waals surface area contributed by atoms with E-state index < -0.39 is 85.2 Å². The topological polar surface area (TPSA) is 253 Å². The minimum Gasteiger partial charge on any atom is -0.463 e. The summed E-state index contributed by atoms with van der Waals surface area (Å²) in [4.78, 5) is 47.1. The van der Waals surface area contributed by atoms with Crippen LogP contribution in [0.2, 0.25) is 0 Å². The monoisotopic (exact) mass is 508 g/mol. The lowest BCUT2D eigenvalue weighted by molar-refractivity contribution is -0.269. The number of hydrogen-bond donors (Lipinski definition) is 8. The van der Waals surface area contributed by atoms with E-state index in [2.05, 4.69) is 10.6 Å². The minimum absolute atomic E-state index is 0.185. The molecule has 1 fully saturated rings. The van der Waals surface area contributed by atoms with Gasteiger partial charge in [0, 0.05) is 13.3 Å². The van der Waals surface area contributed by atoms with E-state index in [0.717, 1.165) is 0 Å². The molecule has 0 saturated carbocycles. The molecule has 0 aromatic carbocycles. The van der Waals surface area contributed by atoms with Crippen molar-refractivity contribution in [1.82, 2.24) is 10.6 Å². The van der Waals surface area contributed by atoms with Crippen molar-refractivity contribution in [3.8, 4) is 0 Å². The molecule has 1 heterocycles. The Bertz CT molecular complexity index is 738. The highest BCUT2D eigenvalue weighted by atomic mass is 16.6. The van der Waals surface area contributed by atoms with Gasteiger partial charge in [-0.25, -0.2) is 0 Å². The zero-order chi connectivity index (χ0) is 26.9. The fourth-order valence-corrected chi connectivity index (χ4v) is 3.26. The SMILES string of the molecule is CC(=O)N[C@@H]1[C@@H](OC(C)COC(=O)CC[C@@H](NC(=O)[C@@H](N)[C@@H](C)O)C(N)=O)[C@H](O)[C@@H](CO)O[C@@H]1O. The van der Waals surface area contributed by atoms with Crippen LogP contribution in [0.5, 0.6) is 0 Å². The lowest BCUT2D eigenvalue weighted by atomic mass is 9.96. The molecule has 15 heteroatoms. The smallest absolute Gasteiger partial charge is 0.305 e. The lowest BCUT2D eigenvalue weighted by Gasteiger charge is -2.43. The van der Waals surface area contributed by atoms with E-state index in [-0.39, 0.29) is 19.4 Å². The van der Waals surface area contributed by atoms with Crippen LogP contribution in [0.15, 0.2) is 0 Å². The van der Waals surface area contributed by atoms with E-state index in [1.807, 2.05) is 0 Å². The second-order valence-corrected chi connectivity index (χ2v) is 8.33. The van der Waals surface area contributed by atoms with E-state index in [0.29, 0.717) is 0 Å². The van der Waals surface area contributed by atoms with Crippen LogP contribution in [0, 0.1) is 0 Å². The molecular formula is C20H36N4O11. The molecule has 0 aromatic heterocycles. The van der Waals surface area contributed by atoms with Crippen molar-refractivity contribution in [2.45, 2.75) is 88.5 Å². The number of hydrogen-bond acceptors (Lipinski definition) is 12. The highest BCUT2D eigenvalue weighted by Crippen LogP contribution is 2.23. The predicted molar refractivity (Wildman–Crippen MR) is 117 cm³/mol. The van der Waals surface area contributed by atoms with Crippen molar-refractivity contribution >= 4 is 23.7 Å². The summed E-state index contributed by atoms with van der Waals surface area (Å²) >= 11 is 0. The second-order valence-electron chi connectivity index (χ2n) is 8.33. The van der Waals surface area contributed by atoms with E-state index in [1.54, 1.807) is 0 Å².